The van der Waals surface area contributed by atoms with Gasteiger partial charge >= 0.3 is 0 Å². The van der Waals surface area contributed by atoms with Crippen LogP contribution in [0.25, 0.3) is 0 Å². The molecule has 1 atom stereocenters. The summed E-state index contributed by atoms with van der Waals surface area (Å²) in [7, 11) is 0. The van der Waals surface area contributed by atoms with Crippen molar-refractivity contribution >= 4 is 29.6 Å². The van der Waals surface area contributed by atoms with Crippen LogP contribution < -0.4 is 10.1 Å². The second-order valence-corrected chi connectivity index (χ2v) is 6.86. The monoisotopic (exact) mass is 398 g/mol. The number of hydrogen-bond donors (Lipinski definition) is 3. The molecule has 144 valence electrons. The van der Waals surface area contributed by atoms with Crippen molar-refractivity contribution in [2.24, 2.45) is 0 Å². The normalized spacial score (nSPS) is 11.6. The van der Waals surface area contributed by atoms with Gasteiger partial charge in [-0.05, 0) is 48.4 Å². The number of amides is 1. The first-order chi connectivity index (χ1) is 13.6. The van der Waals surface area contributed by atoms with Crippen LogP contribution >= 0.6 is 11.8 Å². The van der Waals surface area contributed by atoms with E-state index in [1.165, 1.54) is 23.9 Å². The summed E-state index contributed by atoms with van der Waals surface area (Å²) in [5, 5.41) is 11.5. The molecular formula is C20H19FN4O2S. The van der Waals surface area contributed by atoms with Crippen LogP contribution in [0.5, 0.6) is 5.75 Å². The lowest BCUT2D eigenvalue weighted by atomic mass is 10.0. The first-order valence-corrected chi connectivity index (χ1v) is 9.47. The Morgan fingerprint density at radius 2 is 2.25 bits per heavy atom. The summed E-state index contributed by atoms with van der Waals surface area (Å²) in [5.41, 5.74) is 1.95. The van der Waals surface area contributed by atoms with Crippen LogP contribution in [0.15, 0.2) is 60.0 Å². The number of halogens is 1. The second-order valence-electron chi connectivity index (χ2n) is 5.77. The van der Waals surface area contributed by atoms with Crippen molar-refractivity contribution in [3.05, 3.63) is 71.8 Å². The van der Waals surface area contributed by atoms with E-state index in [-0.39, 0.29) is 11.5 Å². The summed E-state index contributed by atoms with van der Waals surface area (Å²) < 4.78 is 19.3. The lowest BCUT2D eigenvalue weighted by Gasteiger charge is -2.19. The topological polar surface area (TPSA) is 90.9 Å². The maximum Gasteiger partial charge on any atom is 0.211 e. The van der Waals surface area contributed by atoms with Gasteiger partial charge in [-0.15, -0.1) is 0 Å². The molecule has 3 aromatic rings. The lowest BCUT2D eigenvalue weighted by molar-refractivity contribution is -0.105. The van der Waals surface area contributed by atoms with Gasteiger partial charge in [-0.1, -0.05) is 23.9 Å². The van der Waals surface area contributed by atoms with Crippen LogP contribution in [0.4, 0.5) is 10.1 Å². The highest BCUT2D eigenvalue weighted by Crippen LogP contribution is 2.37. The number of aromatic nitrogens is 2. The van der Waals surface area contributed by atoms with E-state index >= 15 is 0 Å². The Balaban J connectivity index is 1.98. The molecule has 3 N–H and O–H groups in total. The first kappa shape index (κ1) is 19.6. The summed E-state index contributed by atoms with van der Waals surface area (Å²) in [5.74, 6) is 0.150. The molecule has 1 unspecified atom stereocenters. The molecule has 0 aliphatic rings. The molecule has 0 saturated heterocycles. The van der Waals surface area contributed by atoms with Crippen LogP contribution in [-0.4, -0.2) is 28.7 Å². The molecule has 0 radical (unpaired) electrons. The van der Waals surface area contributed by atoms with Crippen molar-refractivity contribution < 1.29 is 13.9 Å². The zero-order chi connectivity index (χ0) is 19.9. The fourth-order valence-corrected chi connectivity index (χ4v) is 3.71. The molecule has 3 rings (SSSR count). The van der Waals surface area contributed by atoms with Crippen molar-refractivity contribution in [2.75, 3.05) is 11.9 Å². The third kappa shape index (κ3) is 4.58. The van der Waals surface area contributed by atoms with E-state index in [0.717, 1.165) is 0 Å². The standard InChI is InChI=1S/C20H19FN4O2S/c1-2-27-17-7-6-13(11-16(17)25-12-26)18(22)19(28-20-23-8-9-24-20)14-4-3-5-15(21)10-14/h3-12,19,22H,2H2,1H3,(H,23,24)(H,25,26). The smallest absolute Gasteiger partial charge is 0.211 e. The molecule has 0 fully saturated rings. The van der Waals surface area contributed by atoms with Gasteiger partial charge in [0.15, 0.2) is 5.16 Å². The Kier molecular flexibility index (Phi) is 6.44. The molecule has 0 spiro atoms. The number of carbonyl (C=O) groups excluding carboxylic acids is 1. The summed E-state index contributed by atoms with van der Waals surface area (Å²) in [6.45, 7) is 2.30. The Labute approximate surface area is 166 Å². The number of rotatable bonds is 9. The molecule has 0 saturated carbocycles. The fraction of sp³-hybridized carbons (Fsp3) is 0.150. The van der Waals surface area contributed by atoms with E-state index in [1.54, 1.807) is 42.7 Å². The van der Waals surface area contributed by atoms with Crippen LogP contribution in [0.2, 0.25) is 0 Å². The predicted octanol–water partition coefficient (Wildman–Crippen LogP) is 4.42. The summed E-state index contributed by atoms with van der Waals surface area (Å²) >= 11 is 1.31. The molecule has 0 aliphatic carbocycles. The zero-order valence-electron chi connectivity index (χ0n) is 15.1. The van der Waals surface area contributed by atoms with Gasteiger partial charge in [-0.25, -0.2) is 9.37 Å². The highest BCUT2D eigenvalue weighted by molar-refractivity contribution is 8.00. The minimum absolute atomic E-state index is 0.254. The van der Waals surface area contributed by atoms with Crippen molar-refractivity contribution in [3.63, 3.8) is 0 Å². The largest absolute Gasteiger partial charge is 0.492 e. The summed E-state index contributed by atoms with van der Waals surface area (Å²) in [6.07, 6.45) is 3.88. The van der Waals surface area contributed by atoms with E-state index in [1.807, 2.05) is 6.92 Å². The van der Waals surface area contributed by atoms with E-state index in [0.29, 0.717) is 40.7 Å². The van der Waals surface area contributed by atoms with E-state index in [9.17, 15) is 9.18 Å². The van der Waals surface area contributed by atoms with Gasteiger partial charge in [0, 0.05) is 12.4 Å². The van der Waals surface area contributed by atoms with Gasteiger partial charge in [0.25, 0.3) is 0 Å². The molecule has 6 nitrogen and oxygen atoms in total. The van der Waals surface area contributed by atoms with Crippen LogP contribution in [0, 0.1) is 11.2 Å². The van der Waals surface area contributed by atoms with Crippen LogP contribution in [-0.2, 0) is 4.79 Å². The maximum atomic E-state index is 13.8. The summed E-state index contributed by atoms with van der Waals surface area (Å²) in [6, 6.07) is 11.3. The van der Waals surface area contributed by atoms with E-state index < -0.39 is 5.25 Å². The lowest BCUT2D eigenvalue weighted by Crippen LogP contribution is -2.12. The fourth-order valence-electron chi connectivity index (χ4n) is 2.70. The van der Waals surface area contributed by atoms with E-state index in [4.69, 9.17) is 10.1 Å². The van der Waals surface area contributed by atoms with Crippen LogP contribution in [0.3, 0.4) is 0 Å². The van der Waals surface area contributed by atoms with Gasteiger partial charge in [-0.2, -0.15) is 0 Å². The number of nitrogens with zero attached hydrogens (tertiary/aromatic N) is 1. The van der Waals surface area contributed by atoms with Gasteiger partial charge < -0.3 is 20.4 Å². The molecule has 1 aromatic heterocycles. The summed E-state index contributed by atoms with van der Waals surface area (Å²) in [4.78, 5) is 18.1. The van der Waals surface area contributed by atoms with Crippen molar-refractivity contribution in [1.82, 2.24) is 9.97 Å². The average Bonchev–Trinajstić information content (AvgIpc) is 3.20. The Morgan fingerprint density at radius 1 is 1.39 bits per heavy atom. The number of carbonyl (C=O) groups is 1. The number of H-pyrrole nitrogens is 1. The van der Waals surface area contributed by atoms with Gasteiger partial charge in [0.1, 0.15) is 11.6 Å². The minimum Gasteiger partial charge on any atom is -0.492 e. The second kappa shape index (κ2) is 9.18. The van der Waals surface area contributed by atoms with E-state index in [2.05, 4.69) is 15.3 Å². The van der Waals surface area contributed by atoms with Crippen molar-refractivity contribution in [3.8, 4) is 5.75 Å². The average molecular weight is 398 g/mol. The Hall–Kier alpha value is -3.13. The number of nitrogens with one attached hydrogen (secondary N) is 3. The third-order valence-corrected chi connectivity index (χ3v) is 5.11. The first-order valence-electron chi connectivity index (χ1n) is 8.59. The van der Waals surface area contributed by atoms with Gasteiger partial charge in [-0.3, -0.25) is 4.79 Å². The number of anilines is 1. The molecule has 1 amide bonds. The molecule has 8 heteroatoms. The maximum absolute atomic E-state index is 13.8. The molecule has 28 heavy (non-hydrogen) atoms. The minimum atomic E-state index is -0.496. The highest BCUT2D eigenvalue weighted by Gasteiger charge is 2.22. The SMILES string of the molecule is CCOc1ccc(C(=N)C(Sc2ncc[nH]2)c2cccc(F)c2)cc1NC=O. The predicted molar refractivity (Wildman–Crippen MR) is 108 cm³/mol. The number of aromatic amines is 1. The van der Waals surface area contributed by atoms with Crippen LogP contribution in [0.1, 0.15) is 23.3 Å². The zero-order valence-corrected chi connectivity index (χ0v) is 15.9. The molecule has 1 heterocycles. The van der Waals surface area contributed by atoms with Crippen molar-refractivity contribution in [1.29, 1.82) is 5.41 Å². The molecule has 0 bridgehead atoms. The van der Waals surface area contributed by atoms with Gasteiger partial charge in [0.2, 0.25) is 6.41 Å². The number of imidazole rings is 1. The number of hydrogen-bond acceptors (Lipinski definition) is 5. The quantitative estimate of drug-likeness (QED) is 0.283. The number of ether oxygens (including phenoxy) is 1. The number of benzene rings is 2. The highest BCUT2D eigenvalue weighted by atomic mass is 32.2. The third-order valence-electron chi connectivity index (χ3n) is 3.92. The molecule has 2 aromatic carbocycles. The Bertz CT molecular complexity index is 963. The molecular weight excluding hydrogens is 379 g/mol. The van der Waals surface area contributed by atoms with Crippen molar-refractivity contribution in [2.45, 2.75) is 17.3 Å². The number of thioether (sulfide) groups is 1. The molecule has 0 aliphatic heterocycles. The van der Waals surface area contributed by atoms with Gasteiger partial charge in [0.05, 0.1) is 23.3 Å². The Morgan fingerprint density at radius 3 is 2.93 bits per heavy atom.